The number of alkyl halides is 2. The summed E-state index contributed by atoms with van der Waals surface area (Å²) in [5, 5.41) is 2.76. The van der Waals surface area contributed by atoms with Crippen LogP contribution in [0.25, 0.3) is 0 Å². The van der Waals surface area contributed by atoms with Crippen molar-refractivity contribution in [2.24, 2.45) is 0 Å². The zero-order valence-electron chi connectivity index (χ0n) is 13.0. The molecule has 2 aromatic rings. The summed E-state index contributed by atoms with van der Waals surface area (Å²) in [6.07, 6.45) is 0.248. The van der Waals surface area contributed by atoms with Gasteiger partial charge in [0.15, 0.2) is 9.84 Å². The van der Waals surface area contributed by atoms with Gasteiger partial charge in [-0.2, -0.15) is 8.78 Å². The summed E-state index contributed by atoms with van der Waals surface area (Å²) in [5.41, 5.74) is 0.686. The minimum atomic E-state index is -3.35. The molecule has 25 heavy (non-hydrogen) atoms. The van der Waals surface area contributed by atoms with Gasteiger partial charge < -0.3 is 10.1 Å². The molecule has 0 aromatic heterocycles. The van der Waals surface area contributed by atoms with Crippen molar-refractivity contribution in [2.75, 3.05) is 5.75 Å². The van der Waals surface area contributed by atoms with Crippen molar-refractivity contribution in [1.82, 2.24) is 5.32 Å². The predicted molar refractivity (Wildman–Crippen MR) is 86.4 cm³/mol. The summed E-state index contributed by atoms with van der Waals surface area (Å²) in [7, 11) is -3.35. The largest absolute Gasteiger partial charge is 0.435 e. The van der Waals surface area contributed by atoms with Crippen LogP contribution < -0.4 is 10.1 Å². The lowest BCUT2D eigenvalue weighted by molar-refractivity contribution is -0.0498. The first-order valence-corrected chi connectivity index (χ1v) is 9.19. The molecule has 0 fully saturated rings. The third-order valence-corrected chi connectivity index (χ3v) is 5.75. The van der Waals surface area contributed by atoms with Crippen molar-refractivity contribution < 1.29 is 26.7 Å². The fourth-order valence-corrected chi connectivity index (χ4v) is 4.42. The Labute approximate surface area is 143 Å². The molecule has 0 saturated carbocycles. The summed E-state index contributed by atoms with van der Waals surface area (Å²) in [5.74, 6) is -0.670. The number of hydrogen-bond acceptors (Lipinski definition) is 4. The number of benzene rings is 2. The van der Waals surface area contributed by atoms with E-state index in [1.165, 1.54) is 30.3 Å². The van der Waals surface area contributed by atoms with Crippen molar-refractivity contribution in [3.05, 3.63) is 59.7 Å². The molecule has 1 amide bonds. The Morgan fingerprint density at radius 1 is 1.16 bits per heavy atom. The molecule has 5 nitrogen and oxygen atoms in total. The van der Waals surface area contributed by atoms with Gasteiger partial charge in [-0.1, -0.05) is 24.3 Å². The third-order valence-electron chi connectivity index (χ3n) is 3.93. The highest BCUT2D eigenvalue weighted by Crippen LogP contribution is 2.32. The van der Waals surface area contributed by atoms with Crippen LogP contribution in [0, 0.1) is 0 Å². The van der Waals surface area contributed by atoms with E-state index in [1.54, 1.807) is 18.2 Å². The number of fused-ring (bicyclic) bond motifs is 1. The molecule has 0 aliphatic carbocycles. The Kier molecular flexibility index (Phi) is 4.71. The Balaban J connectivity index is 1.82. The van der Waals surface area contributed by atoms with Crippen molar-refractivity contribution in [3.63, 3.8) is 0 Å². The number of nitrogens with one attached hydrogen (secondary N) is 1. The van der Waals surface area contributed by atoms with Gasteiger partial charge in [-0.3, -0.25) is 4.79 Å². The minimum Gasteiger partial charge on any atom is -0.435 e. The monoisotopic (exact) mass is 367 g/mol. The van der Waals surface area contributed by atoms with Crippen LogP contribution in [0.4, 0.5) is 8.78 Å². The van der Waals surface area contributed by atoms with E-state index in [-0.39, 0.29) is 28.4 Å². The van der Waals surface area contributed by atoms with Gasteiger partial charge in [-0.25, -0.2) is 8.42 Å². The lowest BCUT2D eigenvalue weighted by Crippen LogP contribution is -2.33. The molecular weight excluding hydrogens is 352 g/mol. The van der Waals surface area contributed by atoms with Gasteiger partial charge in [0.1, 0.15) is 5.75 Å². The lowest BCUT2D eigenvalue weighted by Gasteiger charge is -2.26. The zero-order chi connectivity index (χ0) is 18.0. The molecule has 0 bridgehead atoms. The van der Waals surface area contributed by atoms with Gasteiger partial charge in [0.05, 0.1) is 16.7 Å². The normalized spacial score (nSPS) is 18.4. The van der Waals surface area contributed by atoms with E-state index in [4.69, 9.17) is 0 Å². The second-order valence-electron chi connectivity index (χ2n) is 5.58. The Morgan fingerprint density at radius 3 is 2.68 bits per heavy atom. The molecule has 3 rings (SSSR count). The average Bonchev–Trinajstić information content (AvgIpc) is 2.57. The summed E-state index contributed by atoms with van der Waals surface area (Å²) < 4.78 is 53.1. The SMILES string of the molecule is O=C(NC1CCS(=O)(=O)c2ccccc21)c1cccc(OC(F)F)c1. The first kappa shape index (κ1) is 17.3. The van der Waals surface area contributed by atoms with E-state index in [0.29, 0.717) is 5.56 Å². The van der Waals surface area contributed by atoms with Gasteiger partial charge in [0, 0.05) is 5.56 Å². The minimum absolute atomic E-state index is 0.0660. The lowest BCUT2D eigenvalue weighted by atomic mass is 10.0. The fraction of sp³-hybridized carbons (Fsp3) is 0.235. The fourth-order valence-electron chi connectivity index (χ4n) is 2.80. The van der Waals surface area contributed by atoms with Gasteiger partial charge >= 0.3 is 6.61 Å². The average molecular weight is 367 g/mol. The first-order chi connectivity index (χ1) is 11.9. The molecule has 0 saturated heterocycles. The number of rotatable bonds is 4. The van der Waals surface area contributed by atoms with Gasteiger partial charge in [0.2, 0.25) is 0 Å². The number of ether oxygens (including phenoxy) is 1. The number of halogens is 2. The molecule has 1 N–H and O–H groups in total. The van der Waals surface area contributed by atoms with Crippen molar-refractivity contribution >= 4 is 15.7 Å². The highest BCUT2D eigenvalue weighted by atomic mass is 32.2. The summed E-state index contributed by atoms with van der Waals surface area (Å²) >= 11 is 0. The molecule has 1 unspecified atom stereocenters. The maximum Gasteiger partial charge on any atom is 0.387 e. The van der Waals surface area contributed by atoms with Crippen molar-refractivity contribution in [3.8, 4) is 5.75 Å². The van der Waals surface area contributed by atoms with E-state index in [1.807, 2.05) is 0 Å². The third kappa shape index (κ3) is 3.79. The second kappa shape index (κ2) is 6.79. The van der Waals surface area contributed by atoms with Gasteiger partial charge in [-0.05, 0) is 36.2 Å². The number of carbonyl (C=O) groups excluding carboxylic acids is 1. The second-order valence-corrected chi connectivity index (χ2v) is 7.66. The maximum atomic E-state index is 12.4. The molecule has 1 aliphatic heterocycles. The zero-order valence-corrected chi connectivity index (χ0v) is 13.8. The van der Waals surface area contributed by atoms with E-state index in [2.05, 4.69) is 10.1 Å². The molecule has 1 heterocycles. The van der Waals surface area contributed by atoms with E-state index >= 15 is 0 Å². The van der Waals surface area contributed by atoms with Crippen LogP contribution in [0.2, 0.25) is 0 Å². The van der Waals surface area contributed by atoms with Gasteiger partial charge in [0.25, 0.3) is 5.91 Å². The Bertz CT molecular complexity index is 899. The van der Waals surface area contributed by atoms with Crippen LogP contribution in [0.3, 0.4) is 0 Å². The van der Waals surface area contributed by atoms with Crippen LogP contribution in [0.5, 0.6) is 5.75 Å². The standard InChI is InChI=1S/C17H15F2NO4S/c18-17(19)24-12-5-3-4-11(10-12)16(21)20-14-8-9-25(22,23)15-7-2-1-6-13(14)15/h1-7,10,14,17H,8-9H2,(H,20,21). The summed E-state index contributed by atoms with van der Waals surface area (Å²) in [4.78, 5) is 12.6. The molecule has 0 radical (unpaired) electrons. The van der Waals surface area contributed by atoms with Crippen LogP contribution >= 0.6 is 0 Å². The highest BCUT2D eigenvalue weighted by molar-refractivity contribution is 7.91. The molecule has 132 valence electrons. The van der Waals surface area contributed by atoms with E-state index in [9.17, 15) is 22.0 Å². The quantitative estimate of drug-likeness (QED) is 0.902. The van der Waals surface area contributed by atoms with E-state index in [0.717, 1.165) is 0 Å². The van der Waals surface area contributed by atoms with Crippen LogP contribution in [-0.2, 0) is 9.84 Å². The maximum absolute atomic E-state index is 12.4. The Morgan fingerprint density at radius 2 is 1.92 bits per heavy atom. The van der Waals surface area contributed by atoms with Crippen molar-refractivity contribution in [2.45, 2.75) is 24.0 Å². The molecule has 1 atom stereocenters. The van der Waals surface area contributed by atoms with Crippen molar-refractivity contribution in [1.29, 1.82) is 0 Å². The molecule has 0 spiro atoms. The molecule has 1 aliphatic rings. The highest BCUT2D eigenvalue weighted by Gasteiger charge is 2.30. The molecule has 2 aromatic carbocycles. The number of hydrogen-bond donors (Lipinski definition) is 1. The predicted octanol–water partition coefficient (Wildman–Crippen LogP) is 2.94. The summed E-state index contributed by atoms with van der Waals surface area (Å²) in [6.45, 7) is -2.98. The van der Waals surface area contributed by atoms with Crippen LogP contribution in [-0.4, -0.2) is 26.7 Å². The first-order valence-electron chi connectivity index (χ1n) is 7.54. The van der Waals surface area contributed by atoms with Gasteiger partial charge in [-0.15, -0.1) is 0 Å². The van der Waals surface area contributed by atoms with E-state index < -0.39 is 28.4 Å². The molecule has 8 heteroatoms. The number of amides is 1. The Hall–Kier alpha value is -2.48. The number of carbonyl (C=O) groups is 1. The topological polar surface area (TPSA) is 72.5 Å². The molecular formula is C17H15F2NO4S. The van der Waals surface area contributed by atoms with Crippen LogP contribution in [0.15, 0.2) is 53.4 Å². The smallest absolute Gasteiger partial charge is 0.387 e. The van der Waals surface area contributed by atoms with Crippen LogP contribution in [0.1, 0.15) is 28.4 Å². The number of sulfone groups is 1. The summed E-state index contributed by atoms with van der Waals surface area (Å²) in [6, 6.07) is 11.5.